The van der Waals surface area contributed by atoms with Crippen molar-refractivity contribution in [3.05, 3.63) is 311 Å². The Morgan fingerprint density at radius 3 is 1.65 bits per heavy atom. The summed E-state index contributed by atoms with van der Waals surface area (Å²) in [5.74, 6) is 0.608. The molecule has 0 unspecified atom stereocenters. The molecule has 0 heterocycles. The van der Waals surface area contributed by atoms with Gasteiger partial charge in [0.25, 0.3) is 0 Å². The standard InChI is InChI=1S/C46H37N.C18H26.C8H10.3C2H6/c1-6-19-36(7-2)47(43-27-18-21-33-20-16-17-26-39(33)43)44-31-42-45(38(9-4)37(44)8-3)40-29-28-32(5)30-41(40)46(42,34-22-12-10-13-23-34)35-24-14-11-15-25-35;1-7-10-17(14(5)8-2)18-12-9-11-16(13(3)4)15(18)6;1-7-3-5-8(2)6-4-7;3*1-2/h6-31H,1-4H2,5H3;7-8,10-11,13H,2,9,12H2,1,3-6H3;3-6H,1-2H3;3*1-2H3/b36-19+;10-7-,17-14+;;;;. The zero-order valence-corrected chi connectivity index (χ0v) is 50.6. The highest BCUT2D eigenvalue weighted by Crippen LogP contribution is 2.59. The van der Waals surface area contributed by atoms with Crippen LogP contribution in [0.5, 0.6) is 0 Å². The van der Waals surface area contributed by atoms with Crippen molar-refractivity contribution in [2.45, 2.75) is 115 Å². The largest absolute Gasteiger partial charge is 0.309 e. The molecule has 0 aromatic heterocycles. The topological polar surface area (TPSA) is 3.24 Å². The maximum absolute atomic E-state index is 4.41. The first-order valence-electron chi connectivity index (χ1n) is 28.7. The Bertz CT molecular complexity index is 3260. The summed E-state index contributed by atoms with van der Waals surface area (Å²) in [6.07, 6.45) is 20.7. The van der Waals surface area contributed by atoms with Gasteiger partial charge in [-0.05, 0) is 157 Å². The van der Waals surface area contributed by atoms with Gasteiger partial charge in [0, 0.05) is 16.6 Å². The van der Waals surface area contributed by atoms with Gasteiger partial charge in [-0.3, -0.25) is 0 Å². The molecule has 0 saturated heterocycles. The second-order valence-electron chi connectivity index (χ2n) is 19.4. The molecule has 9 rings (SSSR count). The zero-order chi connectivity index (χ0) is 58.2. The Hall–Kier alpha value is -8.00. The van der Waals surface area contributed by atoms with Crippen LogP contribution in [-0.4, -0.2) is 0 Å². The summed E-state index contributed by atoms with van der Waals surface area (Å²) >= 11 is 0. The minimum atomic E-state index is -0.577. The van der Waals surface area contributed by atoms with Crippen molar-refractivity contribution in [3.63, 3.8) is 0 Å². The molecule has 79 heavy (non-hydrogen) atoms. The fourth-order valence-corrected chi connectivity index (χ4v) is 10.8. The predicted octanol–water partition coefficient (Wildman–Crippen LogP) is 23.3. The summed E-state index contributed by atoms with van der Waals surface area (Å²) in [6.45, 7) is 50.4. The average molecular weight is 1040 g/mol. The van der Waals surface area contributed by atoms with Crippen LogP contribution in [0.2, 0.25) is 0 Å². The number of nitrogens with zero attached hydrogens (tertiary/aromatic N) is 1. The molecule has 2 aliphatic rings. The molecule has 0 radical (unpaired) electrons. The van der Waals surface area contributed by atoms with E-state index in [4.69, 9.17) is 0 Å². The number of rotatable bonds is 13. The monoisotopic (exact) mass is 1040 g/mol. The van der Waals surface area contributed by atoms with Crippen molar-refractivity contribution >= 4 is 34.3 Å². The molecule has 0 aliphatic heterocycles. The molecule has 0 saturated carbocycles. The minimum absolute atomic E-state index is 0.577. The molecule has 7 aromatic carbocycles. The Morgan fingerprint density at radius 1 is 0.582 bits per heavy atom. The highest BCUT2D eigenvalue weighted by molar-refractivity contribution is 6.02. The van der Waals surface area contributed by atoms with E-state index in [2.05, 4.69) is 263 Å². The molecular formula is C78H91N. The van der Waals surface area contributed by atoms with Gasteiger partial charge in [0.05, 0.1) is 16.8 Å². The van der Waals surface area contributed by atoms with E-state index in [-0.39, 0.29) is 0 Å². The lowest BCUT2D eigenvalue weighted by atomic mass is 9.67. The molecule has 0 bridgehead atoms. The van der Waals surface area contributed by atoms with Crippen LogP contribution in [0, 0.1) is 26.7 Å². The maximum atomic E-state index is 4.41. The van der Waals surface area contributed by atoms with E-state index >= 15 is 0 Å². The normalized spacial score (nSPS) is 13.1. The van der Waals surface area contributed by atoms with Gasteiger partial charge in [-0.15, -0.1) is 0 Å². The van der Waals surface area contributed by atoms with Gasteiger partial charge in [-0.25, -0.2) is 0 Å². The van der Waals surface area contributed by atoms with Gasteiger partial charge in [-0.1, -0.05) is 287 Å². The number of fused-ring (bicyclic) bond motifs is 4. The molecule has 1 heteroatoms. The first kappa shape index (κ1) is 63.5. The summed E-state index contributed by atoms with van der Waals surface area (Å²) < 4.78 is 0. The number of anilines is 2. The smallest absolute Gasteiger partial charge is 0.0714 e. The molecule has 408 valence electrons. The van der Waals surface area contributed by atoms with Gasteiger partial charge in [0.1, 0.15) is 0 Å². The number of hydrogen-bond acceptors (Lipinski definition) is 1. The Kier molecular flexibility index (Phi) is 25.3. The van der Waals surface area contributed by atoms with Gasteiger partial charge in [-0.2, -0.15) is 0 Å². The number of hydrogen-bond donors (Lipinski definition) is 0. The second-order valence-corrected chi connectivity index (χ2v) is 19.4. The maximum Gasteiger partial charge on any atom is 0.0714 e. The van der Waals surface area contributed by atoms with Crippen LogP contribution in [0.1, 0.15) is 139 Å². The van der Waals surface area contributed by atoms with E-state index in [1.807, 2.05) is 78.0 Å². The van der Waals surface area contributed by atoms with Crippen LogP contribution < -0.4 is 4.90 Å². The van der Waals surface area contributed by atoms with Crippen LogP contribution in [-0.2, 0) is 5.41 Å². The number of benzene rings is 7. The lowest BCUT2D eigenvalue weighted by molar-refractivity contribution is 0.748. The zero-order valence-electron chi connectivity index (χ0n) is 50.6. The van der Waals surface area contributed by atoms with E-state index in [0.717, 1.165) is 51.8 Å². The second kappa shape index (κ2) is 31.4. The van der Waals surface area contributed by atoms with Crippen molar-refractivity contribution in [3.8, 4) is 11.1 Å². The molecule has 1 nitrogen and oxygen atoms in total. The lowest BCUT2D eigenvalue weighted by Gasteiger charge is -2.36. The lowest BCUT2D eigenvalue weighted by Crippen LogP contribution is -2.29. The third-order valence-corrected chi connectivity index (χ3v) is 14.3. The molecule has 0 fully saturated rings. The van der Waals surface area contributed by atoms with E-state index in [0.29, 0.717) is 5.92 Å². The highest BCUT2D eigenvalue weighted by atomic mass is 15.2. The van der Waals surface area contributed by atoms with Crippen LogP contribution in [0.4, 0.5) is 11.4 Å². The highest BCUT2D eigenvalue weighted by Gasteiger charge is 2.48. The van der Waals surface area contributed by atoms with Crippen molar-refractivity contribution < 1.29 is 0 Å². The van der Waals surface area contributed by atoms with Crippen LogP contribution >= 0.6 is 0 Å². The Balaban J connectivity index is 0.000000345. The predicted molar refractivity (Wildman–Crippen MR) is 356 cm³/mol. The quantitative estimate of drug-likeness (QED) is 0.104. The molecule has 0 spiro atoms. The molecule has 0 amide bonds. The summed E-state index contributed by atoms with van der Waals surface area (Å²) in [5, 5.41) is 2.30. The number of allylic oxidation sites excluding steroid dienone is 12. The van der Waals surface area contributed by atoms with Crippen LogP contribution in [0.15, 0.2) is 261 Å². The average Bonchev–Trinajstić information content (AvgIpc) is 3.91. The Labute approximate surface area is 479 Å². The van der Waals surface area contributed by atoms with Crippen LogP contribution in [0.25, 0.3) is 34.1 Å². The third-order valence-electron chi connectivity index (χ3n) is 14.3. The summed E-state index contributed by atoms with van der Waals surface area (Å²) in [7, 11) is 0. The molecule has 0 N–H and O–H groups in total. The van der Waals surface area contributed by atoms with Crippen molar-refractivity contribution in [2.75, 3.05) is 4.90 Å². The fourth-order valence-electron chi connectivity index (χ4n) is 10.8. The minimum Gasteiger partial charge on any atom is -0.309 e. The first-order chi connectivity index (χ1) is 38.4. The Morgan fingerprint density at radius 2 is 1.13 bits per heavy atom. The van der Waals surface area contributed by atoms with E-state index in [9.17, 15) is 0 Å². The first-order valence-corrected chi connectivity index (χ1v) is 28.7. The fraction of sp³-hybridized carbons (Fsp3) is 0.231. The van der Waals surface area contributed by atoms with E-state index < -0.39 is 5.41 Å². The molecule has 7 aromatic rings. The number of aryl methyl sites for hydroxylation is 3. The SMILES string of the molecule is C=C/C(C)=C(\C=C/C)C1=C(C)C(C(C)C)=CCC1.C=C/C=C(\C=C)N(c1cc2c(c(C=C)c1C=C)-c1ccc(C)cc1C2(c1ccccc1)c1ccccc1)c1cccc2ccccc12.CC.CC.CC.Cc1ccc(C)cc1. The van der Waals surface area contributed by atoms with E-state index in [1.165, 1.54) is 77.9 Å². The van der Waals surface area contributed by atoms with Gasteiger partial charge in [0.15, 0.2) is 0 Å². The summed E-state index contributed by atoms with van der Waals surface area (Å²) in [4.78, 5) is 2.30. The van der Waals surface area contributed by atoms with Crippen molar-refractivity contribution in [2.24, 2.45) is 5.92 Å². The molecular weight excluding hydrogens is 951 g/mol. The summed E-state index contributed by atoms with van der Waals surface area (Å²) in [6, 6.07) is 54.5. The van der Waals surface area contributed by atoms with Gasteiger partial charge >= 0.3 is 0 Å². The van der Waals surface area contributed by atoms with Crippen molar-refractivity contribution in [1.29, 1.82) is 0 Å². The third kappa shape index (κ3) is 14.0. The van der Waals surface area contributed by atoms with E-state index in [1.54, 1.807) is 0 Å². The molecule has 0 atom stereocenters. The molecule has 2 aliphatic carbocycles. The van der Waals surface area contributed by atoms with Crippen molar-refractivity contribution in [1.82, 2.24) is 0 Å². The van der Waals surface area contributed by atoms with Crippen LogP contribution in [0.3, 0.4) is 0 Å². The van der Waals surface area contributed by atoms with Gasteiger partial charge in [0.2, 0.25) is 0 Å². The van der Waals surface area contributed by atoms with Gasteiger partial charge < -0.3 is 4.90 Å². The summed E-state index contributed by atoms with van der Waals surface area (Å²) in [5.41, 5.74) is 22.7.